The monoisotopic (exact) mass is 77.0 g/mol. The van der Waals surface area contributed by atoms with E-state index in [0.717, 1.165) is 0 Å². The van der Waals surface area contributed by atoms with E-state index in [4.69, 9.17) is 11.1 Å². The molecule has 0 amide bonds. The van der Waals surface area contributed by atoms with Crippen LogP contribution in [0.3, 0.4) is 0 Å². The fourth-order valence-electron chi connectivity index (χ4n) is 0. The van der Waals surface area contributed by atoms with Gasteiger partial charge in [-0.2, -0.15) is 0 Å². The van der Waals surface area contributed by atoms with Crippen LogP contribution in [0.5, 0.6) is 0 Å². The molecule has 3 nitrogen and oxygen atoms in total. The molecule has 0 atom stereocenters. The third kappa shape index (κ3) is 3.60. The molecule has 4 heteroatoms. The van der Waals surface area contributed by atoms with Crippen LogP contribution < -0.4 is 12.4 Å². The van der Waals surface area contributed by atoms with Crippen molar-refractivity contribution in [1.29, 1.82) is 0 Å². The van der Waals surface area contributed by atoms with E-state index < -0.39 is 0 Å². The zero-order valence-corrected chi connectivity index (χ0v) is 2.48. The first kappa shape index (κ1) is 9.51. The minimum Gasteiger partial charge on any atom is -1.00 e. The van der Waals surface area contributed by atoms with Crippen LogP contribution in [-0.2, 0) is 0 Å². The normalized spacial score (nSPS) is 2.00. The summed E-state index contributed by atoms with van der Waals surface area (Å²) in [6.45, 7) is 0. The van der Waals surface area contributed by atoms with Gasteiger partial charge in [0.25, 0.3) is 0 Å². The molecule has 0 aromatic heterocycles. The molecule has 0 radical (unpaired) electrons. The van der Waals surface area contributed by atoms with Crippen molar-refractivity contribution in [2.75, 3.05) is 0 Å². The molecule has 0 heterocycles. The highest BCUT2D eigenvalue weighted by molar-refractivity contribution is 4.36. The fraction of sp³-hybridized carbons (Fsp3) is 0. The Hall–Kier alpha value is -0.400. The molecular weight excluding hydrogens is 77.5 g/mol. The maximum atomic E-state index is 6.75. The quantitative estimate of drug-likeness (QED) is 0.180. The van der Waals surface area contributed by atoms with Gasteiger partial charge in [-0.05, 0) is 0 Å². The molecule has 0 fully saturated rings. The van der Waals surface area contributed by atoms with E-state index in [9.17, 15) is 0 Å². The van der Waals surface area contributed by atoms with E-state index in [2.05, 4.69) is 0 Å². The lowest BCUT2D eigenvalue weighted by molar-refractivity contribution is -0.000000705. The predicted molar refractivity (Wildman–Crippen MR) is 10.1 cm³/mol. The van der Waals surface area contributed by atoms with Crippen molar-refractivity contribution in [1.82, 2.24) is 0 Å². The van der Waals surface area contributed by atoms with E-state index >= 15 is 0 Å². The summed E-state index contributed by atoms with van der Waals surface area (Å²) in [5.41, 5.74) is 13.5. The van der Waals surface area contributed by atoms with Crippen LogP contribution in [0.25, 0.3) is 16.0 Å². The van der Waals surface area contributed by atoms with Crippen molar-refractivity contribution in [2.24, 2.45) is 0 Å². The van der Waals surface area contributed by atoms with Gasteiger partial charge in [-0.15, -0.1) is 0 Å². The van der Waals surface area contributed by atoms with Gasteiger partial charge in [0, 0.05) is 0 Å². The minimum absolute atomic E-state index is 0. The molecule has 0 saturated carbocycles. The number of rotatable bonds is 0. The molecule has 0 aromatic carbocycles. The second-order valence-electron chi connectivity index (χ2n) is 0.0894. The van der Waals surface area contributed by atoms with Gasteiger partial charge in [-0.1, -0.05) is 0 Å². The molecule has 24 valence electrons. The van der Waals surface area contributed by atoms with Gasteiger partial charge in [-0.3, -0.25) is 4.91 Å². The van der Waals surface area contributed by atoms with Crippen molar-refractivity contribution < 1.29 is 12.4 Å². The summed E-state index contributed by atoms with van der Waals surface area (Å²) in [6.07, 6.45) is 0. The Balaban J connectivity index is 0. The Morgan fingerprint density at radius 2 is 1.25 bits per heavy atom. The van der Waals surface area contributed by atoms with Gasteiger partial charge in [0.15, 0.2) is 0 Å². The standard InChI is InChI=1S/ClH.N3/c;1-3-2/h1H;/q;-1/p-1. The van der Waals surface area contributed by atoms with Gasteiger partial charge in [0.1, 0.15) is 0 Å². The summed E-state index contributed by atoms with van der Waals surface area (Å²) < 4.78 is 0. The van der Waals surface area contributed by atoms with Crippen LogP contribution in [0.2, 0.25) is 0 Å². The summed E-state index contributed by atoms with van der Waals surface area (Å²) in [5.74, 6) is 0. The first-order chi connectivity index (χ1) is 1.41. The van der Waals surface area contributed by atoms with Gasteiger partial charge >= 0.3 is 0 Å². The lowest BCUT2D eigenvalue weighted by atomic mass is 13.0. The average Bonchev–Trinajstić information content (AvgIpc) is 0.918. The summed E-state index contributed by atoms with van der Waals surface area (Å²) in [4.78, 5) is 1.50. The van der Waals surface area contributed by atoms with E-state index in [1.54, 1.807) is 0 Å². The second-order valence-corrected chi connectivity index (χ2v) is 0.0894. The highest BCUT2D eigenvalue weighted by atomic mass is 35.5. The van der Waals surface area contributed by atoms with Gasteiger partial charge in [0.05, 0.1) is 0 Å². The summed E-state index contributed by atoms with van der Waals surface area (Å²) in [6, 6.07) is 0. The zero-order chi connectivity index (χ0) is 2.71. The summed E-state index contributed by atoms with van der Waals surface area (Å²) in [5, 5.41) is 0. The molecule has 0 aliphatic rings. The largest absolute Gasteiger partial charge is 1.00 e. The first-order valence-corrected chi connectivity index (χ1v) is 0.400. The number of halogens is 1. The van der Waals surface area contributed by atoms with Crippen LogP contribution in [-0.4, -0.2) is 0 Å². The molecule has 0 saturated heterocycles. The van der Waals surface area contributed by atoms with Crippen molar-refractivity contribution in [3.8, 4) is 0 Å². The van der Waals surface area contributed by atoms with E-state index in [-0.39, 0.29) is 12.4 Å². The van der Waals surface area contributed by atoms with E-state index in [1.165, 1.54) is 4.91 Å². The van der Waals surface area contributed by atoms with Crippen molar-refractivity contribution >= 4 is 0 Å². The van der Waals surface area contributed by atoms with Gasteiger partial charge in [0.2, 0.25) is 0 Å². The predicted octanol–water partition coefficient (Wildman–Crippen LogP) is -2.13. The van der Waals surface area contributed by atoms with Crippen molar-refractivity contribution in [2.45, 2.75) is 0 Å². The zero-order valence-electron chi connectivity index (χ0n) is 1.72. The summed E-state index contributed by atoms with van der Waals surface area (Å²) in [7, 11) is 0. The SMILES string of the molecule is [Cl-].[N-]=[N+]=[N-]. The van der Waals surface area contributed by atoms with Crippen LogP contribution in [0, 0.1) is 0 Å². The van der Waals surface area contributed by atoms with Crippen LogP contribution in [0.1, 0.15) is 0 Å². The highest BCUT2D eigenvalue weighted by Gasteiger charge is 0.689. The molecule has 0 aromatic rings. The molecule has 0 unspecified atom stereocenters. The maximum Gasteiger partial charge on any atom is -0.255 e. The van der Waals surface area contributed by atoms with Gasteiger partial charge < -0.3 is 23.5 Å². The molecule has 0 rings (SSSR count). The minimum atomic E-state index is 0. The Kier molecular flexibility index (Phi) is 43.9. The molecule has 0 bridgehead atoms. The van der Waals surface area contributed by atoms with Crippen molar-refractivity contribution in [3.63, 3.8) is 0 Å². The third-order valence-corrected chi connectivity index (χ3v) is 0. The topological polar surface area (TPSA) is 58.7 Å². The number of hydrogen-bond donors (Lipinski definition) is 0. The Morgan fingerprint density at radius 3 is 1.25 bits per heavy atom. The first-order valence-electron chi connectivity index (χ1n) is 0.400. The van der Waals surface area contributed by atoms with E-state index in [0.29, 0.717) is 0 Å². The van der Waals surface area contributed by atoms with Crippen LogP contribution >= 0.6 is 0 Å². The van der Waals surface area contributed by atoms with Crippen molar-refractivity contribution in [3.05, 3.63) is 16.0 Å². The molecule has 0 aliphatic heterocycles. The molecule has 0 spiro atoms. The van der Waals surface area contributed by atoms with Crippen LogP contribution in [0.15, 0.2) is 0 Å². The summed E-state index contributed by atoms with van der Waals surface area (Å²) >= 11 is 0. The average molecular weight is 77.5 g/mol. The lowest BCUT2D eigenvalue weighted by Crippen LogP contribution is -3.00. The molecule has 0 N–H and O–H groups in total. The number of hydrogen-bond acceptors (Lipinski definition) is 0. The maximum absolute atomic E-state index is 6.75. The van der Waals surface area contributed by atoms with E-state index in [1.807, 2.05) is 0 Å². The second kappa shape index (κ2) is 18.5. The molecule has 0 aliphatic carbocycles. The Bertz CT molecular complexity index is 24.3. The van der Waals surface area contributed by atoms with Crippen LogP contribution in [0.4, 0.5) is 0 Å². The smallest absolute Gasteiger partial charge is 0.255 e. The lowest BCUT2D eigenvalue weighted by Gasteiger charge is -1.31. The fourth-order valence-corrected chi connectivity index (χ4v) is 0. The third-order valence-electron chi connectivity index (χ3n) is 0. The van der Waals surface area contributed by atoms with Gasteiger partial charge in [-0.25, -0.2) is 0 Å². The number of nitrogens with zero attached hydrogens (tertiary/aromatic N) is 3. The molecule has 4 heavy (non-hydrogen) atoms. The Labute approximate surface area is 29.5 Å². The molecular formula is ClN3-2. The Morgan fingerprint density at radius 1 is 1.25 bits per heavy atom. The highest BCUT2D eigenvalue weighted by Crippen LogP contribution is 1.29.